The standard InChI is InChI=1S/C29H28N2O4S/c1-20-18-31(28(33)30-27(20)36)26-17-24(32)25(35-26)19-34-29(21-11-5-2-6-12-21,22-13-7-3-8-14-22)23-15-9-4-10-16-23/h2-16,18,24-26,32H,17,19H2,1H3,(H,30,33,36)/t24-,25+,26+/m0/s1. The molecule has 0 amide bonds. The van der Waals surface area contributed by atoms with Gasteiger partial charge in [0.05, 0.1) is 12.7 Å². The second-order valence-electron chi connectivity index (χ2n) is 9.00. The number of benzene rings is 3. The van der Waals surface area contributed by atoms with Crippen LogP contribution in [-0.2, 0) is 15.1 Å². The van der Waals surface area contributed by atoms with Crippen LogP contribution in [0.4, 0.5) is 0 Å². The lowest BCUT2D eigenvalue weighted by molar-refractivity contribution is -0.0944. The van der Waals surface area contributed by atoms with Crippen molar-refractivity contribution in [3.63, 3.8) is 0 Å². The summed E-state index contributed by atoms with van der Waals surface area (Å²) in [7, 11) is 0. The van der Waals surface area contributed by atoms with Crippen molar-refractivity contribution in [2.24, 2.45) is 0 Å². The first-order chi connectivity index (χ1) is 17.5. The Morgan fingerprint density at radius 1 is 0.972 bits per heavy atom. The predicted molar refractivity (Wildman–Crippen MR) is 140 cm³/mol. The lowest BCUT2D eigenvalue weighted by Crippen LogP contribution is -2.38. The molecule has 1 aliphatic heterocycles. The summed E-state index contributed by atoms with van der Waals surface area (Å²) < 4.78 is 14.8. The molecule has 0 unspecified atom stereocenters. The van der Waals surface area contributed by atoms with Gasteiger partial charge >= 0.3 is 5.69 Å². The largest absolute Gasteiger partial charge is 0.390 e. The molecular formula is C29H28N2O4S. The molecule has 0 radical (unpaired) electrons. The number of aromatic amines is 1. The van der Waals surface area contributed by atoms with Gasteiger partial charge < -0.3 is 14.6 Å². The van der Waals surface area contributed by atoms with Crippen molar-refractivity contribution in [2.45, 2.75) is 37.4 Å². The first kappa shape index (κ1) is 24.3. The number of nitrogens with one attached hydrogen (secondary N) is 1. The van der Waals surface area contributed by atoms with Gasteiger partial charge in [-0.05, 0) is 23.6 Å². The van der Waals surface area contributed by atoms with Crippen molar-refractivity contribution in [1.29, 1.82) is 0 Å². The molecule has 3 atom stereocenters. The minimum absolute atomic E-state index is 0.118. The third kappa shape index (κ3) is 4.58. The lowest BCUT2D eigenvalue weighted by Gasteiger charge is -2.37. The Morgan fingerprint density at radius 3 is 1.97 bits per heavy atom. The average Bonchev–Trinajstić information content (AvgIpc) is 3.28. The summed E-state index contributed by atoms with van der Waals surface area (Å²) >= 11 is 5.16. The van der Waals surface area contributed by atoms with Crippen molar-refractivity contribution >= 4 is 12.2 Å². The zero-order valence-electron chi connectivity index (χ0n) is 19.9. The molecule has 0 saturated carbocycles. The predicted octanol–water partition coefficient (Wildman–Crippen LogP) is 4.87. The molecule has 7 heteroatoms. The SMILES string of the molecule is Cc1cn([C@H]2C[C@H](O)[C@@H](COC(c3ccccc3)(c3ccccc3)c3ccccc3)O2)c(=O)[nH]c1=S. The summed E-state index contributed by atoms with van der Waals surface area (Å²) in [6, 6.07) is 30.1. The van der Waals surface area contributed by atoms with E-state index in [-0.39, 0.29) is 18.7 Å². The third-order valence-corrected chi connectivity index (χ3v) is 7.09. The summed E-state index contributed by atoms with van der Waals surface area (Å²) in [5.74, 6) is 0. The Hall–Kier alpha value is -3.36. The minimum atomic E-state index is -0.921. The molecule has 2 heterocycles. The fourth-order valence-corrected chi connectivity index (χ4v) is 4.95. The summed E-state index contributed by atoms with van der Waals surface area (Å²) in [4.78, 5) is 15.2. The molecule has 0 aliphatic carbocycles. The Bertz CT molecular complexity index is 1320. The molecule has 184 valence electrons. The summed E-state index contributed by atoms with van der Waals surface area (Å²) in [6.07, 6.45) is -0.102. The zero-order chi connectivity index (χ0) is 25.1. The van der Waals surface area contributed by atoms with Crippen LogP contribution in [0.1, 0.15) is 34.9 Å². The van der Waals surface area contributed by atoms with Crippen LogP contribution >= 0.6 is 12.2 Å². The van der Waals surface area contributed by atoms with Crippen LogP contribution in [0.2, 0.25) is 0 Å². The number of hydrogen-bond acceptors (Lipinski definition) is 5. The summed E-state index contributed by atoms with van der Waals surface area (Å²) in [5.41, 5.74) is 2.38. The Kier molecular flexibility index (Phi) is 6.98. The van der Waals surface area contributed by atoms with Gasteiger partial charge in [0.2, 0.25) is 0 Å². The number of H-pyrrole nitrogens is 1. The Morgan fingerprint density at radius 2 is 1.47 bits per heavy atom. The van der Waals surface area contributed by atoms with Crippen LogP contribution in [0.3, 0.4) is 0 Å². The van der Waals surface area contributed by atoms with Gasteiger partial charge in [-0.3, -0.25) is 9.55 Å². The minimum Gasteiger partial charge on any atom is -0.390 e. The number of aliphatic hydroxyl groups is 1. The van der Waals surface area contributed by atoms with Crippen molar-refractivity contribution in [3.8, 4) is 0 Å². The molecule has 5 rings (SSSR count). The van der Waals surface area contributed by atoms with Crippen LogP contribution in [0, 0.1) is 11.6 Å². The van der Waals surface area contributed by atoms with E-state index in [4.69, 9.17) is 21.7 Å². The van der Waals surface area contributed by atoms with Gasteiger partial charge in [-0.1, -0.05) is 103 Å². The summed E-state index contributed by atoms with van der Waals surface area (Å²) in [5, 5.41) is 10.9. The van der Waals surface area contributed by atoms with Gasteiger partial charge in [-0.2, -0.15) is 0 Å². The maximum Gasteiger partial charge on any atom is 0.328 e. The first-order valence-corrected chi connectivity index (χ1v) is 12.4. The van der Waals surface area contributed by atoms with E-state index in [9.17, 15) is 9.90 Å². The third-order valence-electron chi connectivity index (χ3n) is 6.67. The van der Waals surface area contributed by atoms with Crippen molar-refractivity contribution < 1.29 is 14.6 Å². The number of aromatic nitrogens is 2. The van der Waals surface area contributed by atoms with E-state index >= 15 is 0 Å². The van der Waals surface area contributed by atoms with Crippen LogP contribution < -0.4 is 5.69 Å². The molecule has 3 aromatic carbocycles. The highest BCUT2D eigenvalue weighted by Crippen LogP contribution is 2.41. The second-order valence-corrected chi connectivity index (χ2v) is 9.41. The van der Waals surface area contributed by atoms with E-state index in [0.29, 0.717) is 4.64 Å². The highest BCUT2D eigenvalue weighted by molar-refractivity contribution is 7.71. The topological polar surface area (TPSA) is 76.5 Å². The fraction of sp³-hybridized carbons (Fsp3) is 0.241. The fourth-order valence-electron chi connectivity index (χ4n) is 4.81. The van der Waals surface area contributed by atoms with Gasteiger partial charge in [0, 0.05) is 18.2 Å². The smallest absolute Gasteiger partial charge is 0.328 e. The number of nitrogens with zero attached hydrogens (tertiary/aromatic N) is 1. The van der Waals surface area contributed by atoms with Crippen molar-refractivity contribution in [1.82, 2.24) is 9.55 Å². The van der Waals surface area contributed by atoms with Gasteiger partial charge in [-0.15, -0.1) is 0 Å². The highest BCUT2D eigenvalue weighted by atomic mass is 32.1. The molecular weight excluding hydrogens is 472 g/mol. The van der Waals surface area contributed by atoms with E-state index in [2.05, 4.69) is 4.98 Å². The molecule has 1 aromatic heterocycles. The van der Waals surface area contributed by atoms with E-state index < -0.39 is 24.0 Å². The van der Waals surface area contributed by atoms with E-state index in [1.54, 1.807) is 6.20 Å². The number of aliphatic hydroxyl groups excluding tert-OH is 1. The normalized spacial score (nSPS) is 19.9. The van der Waals surface area contributed by atoms with E-state index in [0.717, 1.165) is 22.3 Å². The number of rotatable bonds is 7. The maximum absolute atomic E-state index is 12.5. The molecule has 1 saturated heterocycles. The van der Waals surface area contributed by atoms with Crippen LogP contribution in [0.5, 0.6) is 0 Å². The van der Waals surface area contributed by atoms with Crippen LogP contribution in [-0.4, -0.2) is 33.5 Å². The monoisotopic (exact) mass is 500 g/mol. The summed E-state index contributed by atoms with van der Waals surface area (Å²) in [6.45, 7) is 1.95. The Labute approximate surface area is 214 Å². The first-order valence-electron chi connectivity index (χ1n) is 11.9. The maximum atomic E-state index is 12.5. The Balaban J connectivity index is 1.50. The second kappa shape index (κ2) is 10.3. The van der Waals surface area contributed by atoms with Gasteiger partial charge in [0.1, 0.15) is 22.6 Å². The van der Waals surface area contributed by atoms with Crippen LogP contribution in [0.15, 0.2) is 102 Å². The van der Waals surface area contributed by atoms with E-state index in [1.165, 1.54) is 4.57 Å². The van der Waals surface area contributed by atoms with Gasteiger partial charge in [-0.25, -0.2) is 4.79 Å². The highest BCUT2D eigenvalue weighted by Gasteiger charge is 2.41. The lowest BCUT2D eigenvalue weighted by atomic mass is 9.80. The molecule has 36 heavy (non-hydrogen) atoms. The molecule has 6 nitrogen and oxygen atoms in total. The number of hydrogen-bond donors (Lipinski definition) is 2. The number of ether oxygens (including phenoxy) is 2. The zero-order valence-corrected chi connectivity index (χ0v) is 20.7. The van der Waals surface area contributed by atoms with Gasteiger partial charge in [0.25, 0.3) is 0 Å². The van der Waals surface area contributed by atoms with E-state index in [1.807, 2.05) is 97.9 Å². The molecule has 2 N–H and O–H groups in total. The molecule has 0 bridgehead atoms. The molecule has 0 spiro atoms. The van der Waals surface area contributed by atoms with Crippen molar-refractivity contribution in [3.05, 3.63) is 135 Å². The molecule has 1 fully saturated rings. The van der Waals surface area contributed by atoms with Gasteiger partial charge in [0.15, 0.2) is 0 Å². The number of aryl methyl sites for hydroxylation is 1. The average molecular weight is 501 g/mol. The van der Waals surface area contributed by atoms with Crippen LogP contribution in [0.25, 0.3) is 0 Å². The molecule has 4 aromatic rings. The van der Waals surface area contributed by atoms with Crippen molar-refractivity contribution in [2.75, 3.05) is 6.61 Å². The molecule has 1 aliphatic rings. The quantitative estimate of drug-likeness (QED) is 0.280.